The highest BCUT2D eigenvalue weighted by molar-refractivity contribution is 7.09. The van der Waals surface area contributed by atoms with E-state index in [4.69, 9.17) is 0 Å². The molecule has 6 heteroatoms. The second kappa shape index (κ2) is 6.19. The molecule has 0 bridgehead atoms. The van der Waals surface area contributed by atoms with Crippen LogP contribution in [0.5, 0.6) is 0 Å². The molecular weight excluding hydrogens is 260 g/mol. The molecule has 0 spiro atoms. The van der Waals surface area contributed by atoms with E-state index in [-0.39, 0.29) is 12.3 Å². The molecule has 98 valence electrons. The van der Waals surface area contributed by atoms with Gasteiger partial charge in [-0.25, -0.2) is 10.4 Å². The monoisotopic (exact) mass is 274 g/mol. The average molecular weight is 274 g/mol. The molecule has 0 radical (unpaired) electrons. The Hall–Kier alpha value is -2.08. The van der Waals surface area contributed by atoms with Crippen LogP contribution in [0.4, 0.5) is 0 Å². The Bertz CT molecular complexity index is 592. The van der Waals surface area contributed by atoms with E-state index in [1.807, 2.05) is 31.4 Å². The van der Waals surface area contributed by atoms with Gasteiger partial charge in [-0.1, -0.05) is 6.07 Å². The molecule has 2 rings (SSSR count). The lowest BCUT2D eigenvalue weighted by Gasteiger charge is -2.01. The highest BCUT2D eigenvalue weighted by Crippen LogP contribution is 2.08. The third-order valence-electron chi connectivity index (χ3n) is 2.44. The fraction of sp³-hybridized carbons (Fsp3) is 0.231. The van der Waals surface area contributed by atoms with Crippen molar-refractivity contribution >= 4 is 23.0 Å². The molecule has 19 heavy (non-hydrogen) atoms. The molecule has 1 amide bonds. The molecule has 0 atom stereocenters. The van der Waals surface area contributed by atoms with Crippen molar-refractivity contribution in [1.29, 1.82) is 0 Å². The van der Waals surface area contributed by atoms with Crippen molar-refractivity contribution in [1.82, 2.24) is 15.4 Å². The average Bonchev–Trinajstić information content (AvgIpc) is 2.82. The largest absolute Gasteiger partial charge is 0.273 e. The van der Waals surface area contributed by atoms with Gasteiger partial charge < -0.3 is 0 Å². The summed E-state index contributed by atoms with van der Waals surface area (Å²) in [4.78, 5) is 19.9. The number of hydrazone groups is 1. The fourth-order valence-corrected chi connectivity index (χ4v) is 2.09. The number of hydrogen-bond acceptors (Lipinski definition) is 5. The van der Waals surface area contributed by atoms with Crippen molar-refractivity contribution in [3.8, 4) is 0 Å². The molecule has 0 saturated carbocycles. The minimum Gasteiger partial charge on any atom is -0.273 e. The molecule has 2 aromatic heterocycles. The highest BCUT2D eigenvalue weighted by Gasteiger charge is 2.05. The van der Waals surface area contributed by atoms with Gasteiger partial charge in [0.1, 0.15) is 0 Å². The summed E-state index contributed by atoms with van der Waals surface area (Å²) in [5.74, 6) is -0.173. The number of aryl methyl sites for hydroxylation is 1. The zero-order valence-electron chi connectivity index (χ0n) is 10.8. The van der Waals surface area contributed by atoms with Crippen molar-refractivity contribution in [2.45, 2.75) is 20.3 Å². The maximum atomic E-state index is 11.7. The Morgan fingerprint density at radius 1 is 1.53 bits per heavy atom. The van der Waals surface area contributed by atoms with Crippen LogP contribution in [0.3, 0.4) is 0 Å². The number of amides is 1. The second-order valence-corrected chi connectivity index (χ2v) is 5.07. The Kier molecular flexibility index (Phi) is 4.35. The van der Waals surface area contributed by atoms with E-state index >= 15 is 0 Å². The quantitative estimate of drug-likeness (QED) is 0.684. The van der Waals surface area contributed by atoms with Gasteiger partial charge in [0.05, 0.1) is 22.8 Å². The summed E-state index contributed by atoms with van der Waals surface area (Å²) in [5, 5.41) is 6.89. The zero-order chi connectivity index (χ0) is 13.7. The number of nitrogens with zero attached hydrogens (tertiary/aromatic N) is 3. The van der Waals surface area contributed by atoms with Crippen LogP contribution < -0.4 is 5.43 Å². The first-order valence-electron chi connectivity index (χ1n) is 5.79. The number of carbonyl (C=O) groups is 1. The Labute approximate surface area is 115 Å². The van der Waals surface area contributed by atoms with Crippen LogP contribution in [0.25, 0.3) is 0 Å². The zero-order valence-corrected chi connectivity index (χ0v) is 11.6. The molecule has 1 N–H and O–H groups in total. The van der Waals surface area contributed by atoms with Crippen LogP contribution in [0.15, 0.2) is 35.0 Å². The summed E-state index contributed by atoms with van der Waals surface area (Å²) in [6.07, 6.45) is 3.64. The maximum Gasteiger partial charge on any atom is 0.246 e. The lowest BCUT2D eigenvalue weighted by molar-refractivity contribution is -0.120. The summed E-state index contributed by atoms with van der Waals surface area (Å²) in [7, 11) is 0. The van der Waals surface area contributed by atoms with E-state index in [0.29, 0.717) is 0 Å². The van der Waals surface area contributed by atoms with Crippen molar-refractivity contribution in [3.63, 3.8) is 0 Å². The fourth-order valence-electron chi connectivity index (χ4n) is 1.48. The predicted molar refractivity (Wildman–Crippen MR) is 75.1 cm³/mol. The molecule has 0 aliphatic carbocycles. The number of pyridine rings is 1. The van der Waals surface area contributed by atoms with Gasteiger partial charge in [-0.05, 0) is 19.9 Å². The molecule has 5 nitrogen and oxygen atoms in total. The SMILES string of the molecule is C/C(=N/NC(=O)Cc1csc(C)n1)c1cccnc1. The molecule has 0 aliphatic rings. The van der Waals surface area contributed by atoms with E-state index in [1.165, 1.54) is 11.3 Å². The maximum absolute atomic E-state index is 11.7. The highest BCUT2D eigenvalue weighted by atomic mass is 32.1. The van der Waals surface area contributed by atoms with Gasteiger partial charge in [0.15, 0.2) is 0 Å². The summed E-state index contributed by atoms with van der Waals surface area (Å²) in [5.41, 5.74) is 4.90. The van der Waals surface area contributed by atoms with Gasteiger partial charge in [-0.15, -0.1) is 11.3 Å². The molecule has 2 heterocycles. The van der Waals surface area contributed by atoms with Gasteiger partial charge in [0.2, 0.25) is 5.91 Å². The third-order valence-corrected chi connectivity index (χ3v) is 3.26. The summed E-state index contributed by atoms with van der Waals surface area (Å²) < 4.78 is 0. The number of rotatable bonds is 4. The van der Waals surface area contributed by atoms with E-state index < -0.39 is 0 Å². The van der Waals surface area contributed by atoms with E-state index in [9.17, 15) is 4.79 Å². The van der Waals surface area contributed by atoms with E-state index in [0.717, 1.165) is 22.0 Å². The first-order valence-corrected chi connectivity index (χ1v) is 6.67. The minimum absolute atomic E-state index is 0.173. The summed E-state index contributed by atoms with van der Waals surface area (Å²) >= 11 is 1.53. The number of carbonyl (C=O) groups excluding carboxylic acids is 1. The third kappa shape index (κ3) is 3.96. The van der Waals surface area contributed by atoms with Crippen molar-refractivity contribution in [2.24, 2.45) is 5.10 Å². The van der Waals surface area contributed by atoms with E-state index in [2.05, 4.69) is 20.5 Å². The summed E-state index contributed by atoms with van der Waals surface area (Å²) in [6, 6.07) is 3.72. The van der Waals surface area contributed by atoms with Crippen LogP contribution >= 0.6 is 11.3 Å². The van der Waals surface area contributed by atoms with Gasteiger partial charge >= 0.3 is 0 Å². The molecule has 0 aliphatic heterocycles. The van der Waals surface area contributed by atoms with Gasteiger partial charge in [0, 0.05) is 23.3 Å². The lowest BCUT2D eigenvalue weighted by Crippen LogP contribution is -2.21. The molecule has 0 fully saturated rings. The Morgan fingerprint density at radius 3 is 3.00 bits per heavy atom. The van der Waals surface area contributed by atoms with Crippen LogP contribution in [-0.4, -0.2) is 21.6 Å². The van der Waals surface area contributed by atoms with Crippen molar-refractivity contribution in [3.05, 3.63) is 46.2 Å². The van der Waals surface area contributed by atoms with Crippen LogP contribution in [0.1, 0.15) is 23.2 Å². The van der Waals surface area contributed by atoms with Crippen LogP contribution in [0, 0.1) is 6.92 Å². The number of nitrogens with one attached hydrogen (secondary N) is 1. The normalized spacial score (nSPS) is 11.4. The van der Waals surface area contributed by atoms with Crippen molar-refractivity contribution in [2.75, 3.05) is 0 Å². The van der Waals surface area contributed by atoms with E-state index in [1.54, 1.807) is 12.4 Å². The number of hydrogen-bond donors (Lipinski definition) is 1. The molecular formula is C13H14N4OS. The minimum atomic E-state index is -0.173. The topological polar surface area (TPSA) is 67.2 Å². The standard InChI is InChI=1S/C13H14N4OS/c1-9(11-4-3-5-14-7-11)16-17-13(18)6-12-8-19-10(2)15-12/h3-5,7-8H,6H2,1-2H3,(H,17,18)/b16-9-. The van der Waals surface area contributed by atoms with Crippen LogP contribution in [0.2, 0.25) is 0 Å². The van der Waals surface area contributed by atoms with Gasteiger partial charge in [-0.3, -0.25) is 9.78 Å². The van der Waals surface area contributed by atoms with Crippen molar-refractivity contribution < 1.29 is 4.79 Å². The Balaban J connectivity index is 1.93. The molecule has 0 saturated heterocycles. The number of thiazole rings is 1. The Morgan fingerprint density at radius 2 is 2.37 bits per heavy atom. The van der Waals surface area contributed by atoms with Gasteiger partial charge in [-0.2, -0.15) is 5.10 Å². The second-order valence-electron chi connectivity index (χ2n) is 4.01. The van der Waals surface area contributed by atoms with Gasteiger partial charge in [0.25, 0.3) is 0 Å². The van der Waals surface area contributed by atoms with Crippen LogP contribution in [-0.2, 0) is 11.2 Å². The lowest BCUT2D eigenvalue weighted by atomic mass is 10.2. The first kappa shape index (κ1) is 13.4. The molecule has 0 aromatic carbocycles. The molecule has 0 unspecified atom stereocenters. The smallest absolute Gasteiger partial charge is 0.246 e. The first-order chi connectivity index (χ1) is 9.15. The number of aromatic nitrogens is 2. The summed E-state index contributed by atoms with van der Waals surface area (Å²) in [6.45, 7) is 3.74. The predicted octanol–water partition coefficient (Wildman–Crippen LogP) is 1.93. The molecule has 2 aromatic rings.